The van der Waals surface area contributed by atoms with Gasteiger partial charge in [-0.05, 0) is 24.1 Å². The van der Waals surface area contributed by atoms with E-state index in [9.17, 15) is 0 Å². The van der Waals surface area contributed by atoms with Crippen molar-refractivity contribution in [1.82, 2.24) is 15.2 Å². The van der Waals surface area contributed by atoms with Gasteiger partial charge in [0, 0.05) is 12.3 Å². The maximum Gasteiger partial charge on any atom is 0.183 e. The van der Waals surface area contributed by atoms with Gasteiger partial charge in [0.1, 0.15) is 12.1 Å². The Labute approximate surface area is 110 Å². The number of rotatable bonds is 7. The largest absolute Gasteiger partial charge is 0.494 e. The lowest BCUT2D eigenvalue weighted by atomic mass is 10.2. The molecular formula is C12H16N4OS. The molecule has 0 spiro atoms. The van der Waals surface area contributed by atoms with Crippen LogP contribution in [0.15, 0.2) is 35.7 Å². The number of aromatic nitrogens is 3. The second kappa shape index (κ2) is 7.03. The van der Waals surface area contributed by atoms with Crippen LogP contribution >= 0.6 is 11.8 Å². The number of benzene rings is 1. The third kappa shape index (κ3) is 4.05. The standard InChI is InChI=1S/C12H16N4OS/c13-8-10-3-1-4-11(7-10)17-5-2-6-18-12-14-9-15-16-12/h1,3-4,7,9H,2,5-6,8,13H2,(H,14,15,16). The summed E-state index contributed by atoms with van der Waals surface area (Å²) in [5.41, 5.74) is 6.66. The molecule has 0 fully saturated rings. The van der Waals surface area contributed by atoms with E-state index in [4.69, 9.17) is 10.5 Å². The molecular weight excluding hydrogens is 248 g/mol. The third-order valence-electron chi connectivity index (χ3n) is 2.32. The van der Waals surface area contributed by atoms with Crippen LogP contribution in [0.2, 0.25) is 0 Å². The normalized spacial score (nSPS) is 10.5. The Bertz CT molecular complexity index is 461. The predicted octanol–water partition coefficient (Wildman–Crippen LogP) is 1.82. The van der Waals surface area contributed by atoms with E-state index in [-0.39, 0.29) is 0 Å². The number of hydrogen-bond donors (Lipinski definition) is 2. The average Bonchev–Trinajstić information content (AvgIpc) is 2.92. The number of nitrogens with one attached hydrogen (secondary N) is 1. The lowest BCUT2D eigenvalue weighted by molar-refractivity contribution is 0.318. The second-order valence-corrected chi connectivity index (χ2v) is 4.78. The van der Waals surface area contributed by atoms with Crippen LogP contribution in [0.1, 0.15) is 12.0 Å². The molecule has 1 aromatic heterocycles. The van der Waals surface area contributed by atoms with Crippen molar-refractivity contribution < 1.29 is 4.74 Å². The van der Waals surface area contributed by atoms with E-state index in [1.807, 2.05) is 24.3 Å². The molecule has 6 heteroatoms. The van der Waals surface area contributed by atoms with Gasteiger partial charge in [-0.15, -0.1) is 0 Å². The van der Waals surface area contributed by atoms with Gasteiger partial charge in [-0.1, -0.05) is 23.9 Å². The Balaban J connectivity index is 1.65. The summed E-state index contributed by atoms with van der Waals surface area (Å²) in [5, 5.41) is 7.44. The van der Waals surface area contributed by atoms with Crippen molar-refractivity contribution in [2.24, 2.45) is 5.73 Å². The van der Waals surface area contributed by atoms with Crippen LogP contribution in [0.3, 0.4) is 0 Å². The minimum absolute atomic E-state index is 0.540. The number of thioether (sulfide) groups is 1. The van der Waals surface area contributed by atoms with Crippen molar-refractivity contribution in [2.75, 3.05) is 12.4 Å². The van der Waals surface area contributed by atoms with Crippen LogP contribution in [0, 0.1) is 0 Å². The molecule has 1 heterocycles. The zero-order valence-corrected chi connectivity index (χ0v) is 10.8. The predicted molar refractivity (Wildman–Crippen MR) is 71.6 cm³/mol. The van der Waals surface area contributed by atoms with Gasteiger partial charge in [0.25, 0.3) is 0 Å². The number of nitrogens with two attached hydrogens (primary N) is 1. The first kappa shape index (κ1) is 12.9. The molecule has 0 atom stereocenters. The van der Waals surface area contributed by atoms with Gasteiger partial charge in [-0.25, -0.2) is 4.98 Å². The van der Waals surface area contributed by atoms with Crippen LogP contribution in [0.5, 0.6) is 5.75 Å². The van der Waals surface area contributed by atoms with Crippen molar-refractivity contribution >= 4 is 11.8 Å². The summed E-state index contributed by atoms with van der Waals surface area (Å²) in [5.74, 6) is 1.83. The molecule has 18 heavy (non-hydrogen) atoms. The fraction of sp³-hybridized carbons (Fsp3) is 0.333. The average molecular weight is 264 g/mol. The number of aromatic amines is 1. The third-order valence-corrected chi connectivity index (χ3v) is 3.29. The van der Waals surface area contributed by atoms with Gasteiger partial charge in [0.2, 0.25) is 0 Å². The number of H-pyrrole nitrogens is 1. The van der Waals surface area contributed by atoms with Gasteiger partial charge < -0.3 is 10.5 Å². The van der Waals surface area contributed by atoms with Crippen LogP contribution in [0.4, 0.5) is 0 Å². The first-order valence-corrected chi connectivity index (χ1v) is 6.77. The van der Waals surface area contributed by atoms with Crippen LogP contribution in [-0.2, 0) is 6.54 Å². The van der Waals surface area contributed by atoms with E-state index in [0.29, 0.717) is 13.2 Å². The maximum absolute atomic E-state index is 5.65. The van der Waals surface area contributed by atoms with Crippen molar-refractivity contribution in [2.45, 2.75) is 18.1 Å². The van der Waals surface area contributed by atoms with Crippen molar-refractivity contribution in [3.8, 4) is 5.75 Å². The SMILES string of the molecule is NCc1cccc(OCCCSc2ncn[nH]2)c1. The second-order valence-electron chi connectivity index (χ2n) is 3.69. The van der Waals surface area contributed by atoms with E-state index in [0.717, 1.165) is 28.6 Å². The molecule has 0 aliphatic heterocycles. The molecule has 2 rings (SSSR count). The summed E-state index contributed by atoms with van der Waals surface area (Å²) in [7, 11) is 0. The molecule has 0 saturated carbocycles. The van der Waals surface area contributed by atoms with E-state index in [1.165, 1.54) is 6.33 Å². The number of nitrogens with zero attached hydrogens (tertiary/aromatic N) is 2. The summed E-state index contributed by atoms with van der Waals surface area (Å²) in [4.78, 5) is 4.04. The highest BCUT2D eigenvalue weighted by atomic mass is 32.2. The van der Waals surface area contributed by atoms with Crippen molar-refractivity contribution in [3.63, 3.8) is 0 Å². The van der Waals surface area contributed by atoms with E-state index < -0.39 is 0 Å². The Morgan fingerprint density at radius 2 is 2.33 bits per heavy atom. The molecule has 0 radical (unpaired) electrons. The van der Waals surface area contributed by atoms with Crippen LogP contribution in [0.25, 0.3) is 0 Å². The summed E-state index contributed by atoms with van der Waals surface area (Å²) in [6, 6.07) is 7.87. The summed E-state index contributed by atoms with van der Waals surface area (Å²) >= 11 is 1.64. The summed E-state index contributed by atoms with van der Waals surface area (Å²) < 4.78 is 5.65. The smallest absolute Gasteiger partial charge is 0.183 e. The highest BCUT2D eigenvalue weighted by molar-refractivity contribution is 7.99. The maximum atomic E-state index is 5.65. The fourth-order valence-corrected chi connectivity index (χ4v) is 2.14. The van der Waals surface area contributed by atoms with Gasteiger partial charge in [-0.3, -0.25) is 5.10 Å². The highest BCUT2D eigenvalue weighted by Gasteiger charge is 1.98. The molecule has 2 aromatic rings. The van der Waals surface area contributed by atoms with Gasteiger partial charge >= 0.3 is 0 Å². The fourth-order valence-electron chi connectivity index (χ4n) is 1.44. The number of ether oxygens (including phenoxy) is 1. The zero-order valence-electron chi connectivity index (χ0n) is 10.0. The Morgan fingerprint density at radius 3 is 3.11 bits per heavy atom. The van der Waals surface area contributed by atoms with Crippen molar-refractivity contribution in [1.29, 1.82) is 0 Å². The molecule has 5 nitrogen and oxygen atoms in total. The van der Waals surface area contributed by atoms with E-state index in [2.05, 4.69) is 15.2 Å². The molecule has 0 aliphatic rings. The topological polar surface area (TPSA) is 76.8 Å². The lowest BCUT2D eigenvalue weighted by Crippen LogP contribution is -2.01. The summed E-state index contributed by atoms with van der Waals surface area (Å²) in [6.07, 6.45) is 2.47. The Morgan fingerprint density at radius 1 is 1.39 bits per heavy atom. The van der Waals surface area contributed by atoms with Gasteiger partial charge in [0.05, 0.1) is 6.61 Å². The molecule has 1 aromatic carbocycles. The first-order valence-electron chi connectivity index (χ1n) is 5.78. The lowest BCUT2D eigenvalue weighted by Gasteiger charge is -2.06. The summed E-state index contributed by atoms with van der Waals surface area (Å²) in [6.45, 7) is 1.23. The highest BCUT2D eigenvalue weighted by Crippen LogP contribution is 2.15. The van der Waals surface area contributed by atoms with Crippen LogP contribution < -0.4 is 10.5 Å². The molecule has 3 N–H and O–H groups in total. The Kier molecular flexibility index (Phi) is 5.04. The monoisotopic (exact) mass is 264 g/mol. The minimum Gasteiger partial charge on any atom is -0.494 e. The molecule has 0 amide bonds. The van der Waals surface area contributed by atoms with E-state index >= 15 is 0 Å². The molecule has 0 saturated heterocycles. The van der Waals surface area contributed by atoms with Gasteiger partial charge in [-0.2, -0.15) is 5.10 Å². The van der Waals surface area contributed by atoms with Crippen LogP contribution in [-0.4, -0.2) is 27.5 Å². The minimum atomic E-state index is 0.540. The molecule has 0 aliphatic carbocycles. The van der Waals surface area contributed by atoms with E-state index in [1.54, 1.807) is 11.8 Å². The Hall–Kier alpha value is -1.53. The van der Waals surface area contributed by atoms with Crippen molar-refractivity contribution in [3.05, 3.63) is 36.2 Å². The zero-order chi connectivity index (χ0) is 12.6. The molecule has 0 unspecified atom stereocenters. The first-order chi connectivity index (χ1) is 8.88. The molecule has 96 valence electrons. The van der Waals surface area contributed by atoms with Gasteiger partial charge in [0.15, 0.2) is 5.16 Å². The number of hydrogen-bond acceptors (Lipinski definition) is 5. The quantitative estimate of drug-likeness (QED) is 0.589. The molecule has 0 bridgehead atoms.